The second-order valence-corrected chi connectivity index (χ2v) is 1.90. The van der Waals surface area contributed by atoms with E-state index in [9.17, 15) is 4.79 Å². The largest absolute Gasteiger partial charge is 0.390 e. The van der Waals surface area contributed by atoms with E-state index in [4.69, 9.17) is 16.6 Å². The third-order valence-corrected chi connectivity index (χ3v) is 0.992. The van der Waals surface area contributed by atoms with Gasteiger partial charge in [-0.25, -0.2) is 0 Å². The van der Waals surface area contributed by atoms with Gasteiger partial charge in [0.05, 0.1) is 12.6 Å². The Morgan fingerprint density at radius 1 is 1.60 bits per heavy atom. The van der Waals surface area contributed by atoms with Crippen LogP contribution in [-0.2, 0) is 4.79 Å². The van der Waals surface area contributed by atoms with Crippen LogP contribution < -0.4 is 16.8 Å². The molecule has 0 heterocycles. The summed E-state index contributed by atoms with van der Waals surface area (Å²) in [5.41, 5.74) is 10.0. The van der Waals surface area contributed by atoms with Crippen molar-refractivity contribution >= 4 is 5.91 Å². The van der Waals surface area contributed by atoms with E-state index in [0.29, 0.717) is 0 Å². The van der Waals surface area contributed by atoms with Crippen LogP contribution >= 0.6 is 0 Å². The second-order valence-electron chi connectivity index (χ2n) is 1.90. The fraction of sp³-hybridized carbons (Fsp3) is 0.800. The number of carbonyl (C=O) groups excluding carboxylic acids is 1. The minimum atomic E-state index is -0.671. The number of amides is 1. The predicted octanol–water partition coefficient (Wildman–Crippen LogP) is -2.62. The molecule has 0 bridgehead atoms. The van der Waals surface area contributed by atoms with Gasteiger partial charge in [-0.2, -0.15) is 0 Å². The Morgan fingerprint density at radius 2 is 2.20 bits per heavy atom. The van der Waals surface area contributed by atoms with Gasteiger partial charge in [0, 0.05) is 13.1 Å². The molecule has 0 saturated carbocycles. The van der Waals surface area contributed by atoms with E-state index >= 15 is 0 Å². The van der Waals surface area contributed by atoms with Crippen molar-refractivity contribution in [2.75, 3.05) is 19.6 Å². The molecule has 0 spiro atoms. The summed E-state index contributed by atoms with van der Waals surface area (Å²) in [5, 5.41) is 11.2. The van der Waals surface area contributed by atoms with Crippen LogP contribution in [0.3, 0.4) is 0 Å². The lowest BCUT2D eigenvalue weighted by molar-refractivity contribution is -0.120. The Bertz CT molecular complexity index is 107. The smallest absolute Gasteiger partial charge is 0.233 e. The Kier molecular flexibility index (Phi) is 4.82. The first-order valence-electron chi connectivity index (χ1n) is 3.05. The van der Waals surface area contributed by atoms with Gasteiger partial charge >= 0.3 is 0 Å². The Morgan fingerprint density at radius 3 is 2.60 bits per heavy atom. The minimum absolute atomic E-state index is 0.0582. The summed E-state index contributed by atoms with van der Waals surface area (Å²) in [6.45, 7) is 0.259. The standard InChI is InChI=1S/C5H13N3O2/c6-1-4(9)3-8-5(10)2-7/h4,9H,1-3,6-7H2,(H,8,10). The van der Waals surface area contributed by atoms with Crippen LogP contribution in [0, 0.1) is 0 Å². The van der Waals surface area contributed by atoms with Gasteiger partial charge in [0.15, 0.2) is 0 Å². The van der Waals surface area contributed by atoms with Gasteiger partial charge in [-0.05, 0) is 0 Å². The van der Waals surface area contributed by atoms with E-state index in [2.05, 4.69) is 5.32 Å². The van der Waals surface area contributed by atoms with E-state index in [1.54, 1.807) is 0 Å². The third kappa shape index (κ3) is 4.25. The number of hydrogen-bond acceptors (Lipinski definition) is 4. The van der Waals surface area contributed by atoms with E-state index in [0.717, 1.165) is 0 Å². The first-order valence-corrected chi connectivity index (χ1v) is 3.05. The maximum atomic E-state index is 10.4. The number of nitrogens with one attached hydrogen (secondary N) is 1. The lowest BCUT2D eigenvalue weighted by Crippen LogP contribution is -2.38. The molecule has 0 aliphatic rings. The molecular weight excluding hydrogens is 134 g/mol. The Hall–Kier alpha value is -0.650. The molecule has 0 aromatic rings. The number of aliphatic hydroxyl groups is 1. The summed E-state index contributed by atoms with van der Waals surface area (Å²) in [7, 11) is 0. The third-order valence-electron chi connectivity index (χ3n) is 0.992. The summed E-state index contributed by atoms with van der Waals surface area (Å²) < 4.78 is 0. The van der Waals surface area contributed by atoms with Crippen LogP contribution in [0.15, 0.2) is 0 Å². The topological polar surface area (TPSA) is 101 Å². The molecule has 0 fully saturated rings. The summed E-state index contributed by atoms with van der Waals surface area (Å²) in [5.74, 6) is -0.285. The molecule has 0 aliphatic heterocycles. The zero-order valence-electron chi connectivity index (χ0n) is 5.71. The molecule has 5 heteroatoms. The number of hydrogen-bond donors (Lipinski definition) is 4. The average Bonchev–Trinajstić information content (AvgIpc) is 1.99. The molecule has 5 nitrogen and oxygen atoms in total. The van der Waals surface area contributed by atoms with Gasteiger partial charge in [-0.15, -0.1) is 0 Å². The fourth-order valence-corrected chi connectivity index (χ4v) is 0.387. The van der Waals surface area contributed by atoms with E-state index < -0.39 is 6.10 Å². The molecule has 0 radical (unpaired) electrons. The molecule has 1 amide bonds. The van der Waals surface area contributed by atoms with Crippen LogP contribution in [0.5, 0.6) is 0 Å². The molecule has 6 N–H and O–H groups in total. The van der Waals surface area contributed by atoms with Crippen LogP contribution in [0.25, 0.3) is 0 Å². The fourth-order valence-electron chi connectivity index (χ4n) is 0.387. The zero-order chi connectivity index (χ0) is 7.98. The van der Waals surface area contributed by atoms with Crippen molar-refractivity contribution in [2.45, 2.75) is 6.10 Å². The molecule has 10 heavy (non-hydrogen) atoms. The summed E-state index contributed by atoms with van der Waals surface area (Å²) in [4.78, 5) is 10.4. The quantitative estimate of drug-likeness (QED) is 0.349. The summed E-state index contributed by atoms with van der Waals surface area (Å²) in [6.07, 6.45) is -0.671. The van der Waals surface area contributed by atoms with E-state index in [1.807, 2.05) is 0 Å². The summed E-state index contributed by atoms with van der Waals surface area (Å²) >= 11 is 0. The zero-order valence-corrected chi connectivity index (χ0v) is 5.71. The van der Waals surface area contributed by atoms with Gasteiger partial charge in [-0.3, -0.25) is 4.79 Å². The highest BCUT2D eigenvalue weighted by Gasteiger charge is 2.01. The van der Waals surface area contributed by atoms with Gasteiger partial charge in [-0.1, -0.05) is 0 Å². The maximum Gasteiger partial charge on any atom is 0.233 e. The highest BCUT2D eigenvalue weighted by atomic mass is 16.3. The van der Waals surface area contributed by atoms with Crippen LogP contribution in [0.2, 0.25) is 0 Å². The minimum Gasteiger partial charge on any atom is -0.390 e. The molecular formula is C5H13N3O2. The highest BCUT2D eigenvalue weighted by Crippen LogP contribution is 1.73. The van der Waals surface area contributed by atoms with E-state index in [1.165, 1.54) is 0 Å². The van der Waals surface area contributed by atoms with Crippen molar-refractivity contribution in [3.63, 3.8) is 0 Å². The Labute approximate surface area is 59.4 Å². The molecule has 0 aromatic carbocycles. The molecule has 0 saturated heterocycles. The van der Waals surface area contributed by atoms with Crippen molar-refractivity contribution in [1.29, 1.82) is 0 Å². The lowest BCUT2D eigenvalue weighted by Gasteiger charge is -2.07. The molecule has 1 atom stereocenters. The van der Waals surface area contributed by atoms with Crippen molar-refractivity contribution in [1.82, 2.24) is 5.32 Å². The van der Waals surface area contributed by atoms with Crippen LogP contribution in [0.1, 0.15) is 0 Å². The maximum absolute atomic E-state index is 10.4. The number of carbonyl (C=O) groups is 1. The monoisotopic (exact) mass is 147 g/mol. The van der Waals surface area contributed by atoms with Crippen molar-refractivity contribution in [3.8, 4) is 0 Å². The number of nitrogens with two attached hydrogens (primary N) is 2. The number of rotatable bonds is 4. The van der Waals surface area contributed by atoms with Crippen LogP contribution in [-0.4, -0.2) is 36.8 Å². The first kappa shape index (κ1) is 9.35. The number of aliphatic hydroxyl groups excluding tert-OH is 1. The van der Waals surface area contributed by atoms with Gasteiger partial charge in [0.1, 0.15) is 0 Å². The van der Waals surface area contributed by atoms with Crippen molar-refractivity contribution < 1.29 is 9.90 Å². The average molecular weight is 147 g/mol. The predicted molar refractivity (Wildman–Crippen MR) is 37.1 cm³/mol. The first-order chi connectivity index (χ1) is 4.70. The van der Waals surface area contributed by atoms with Gasteiger partial charge < -0.3 is 21.9 Å². The molecule has 0 aromatic heterocycles. The van der Waals surface area contributed by atoms with Crippen molar-refractivity contribution in [2.24, 2.45) is 11.5 Å². The van der Waals surface area contributed by atoms with Crippen LogP contribution in [0.4, 0.5) is 0 Å². The van der Waals surface area contributed by atoms with Gasteiger partial charge in [0.2, 0.25) is 5.91 Å². The normalized spacial score (nSPS) is 12.7. The SMILES string of the molecule is NCC(=O)NCC(O)CN. The lowest BCUT2D eigenvalue weighted by atomic mass is 10.3. The molecule has 60 valence electrons. The molecule has 1 unspecified atom stereocenters. The van der Waals surface area contributed by atoms with Gasteiger partial charge in [0.25, 0.3) is 0 Å². The molecule has 0 rings (SSSR count). The van der Waals surface area contributed by atoms with Crippen molar-refractivity contribution in [3.05, 3.63) is 0 Å². The Balaban J connectivity index is 3.26. The molecule has 0 aliphatic carbocycles. The highest BCUT2D eigenvalue weighted by molar-refractivity contribution is 5.77. The van der Waals surface area contributed by atoms with E-state index in [-0.39, 0.29) is 25.5 Å². The summed E-state index contributed by atoms with van der Waals surface area (Å²) in [6, 6.07) is 0. The second kappa shape index (κ2) is 5.16.